The van der Waals surface area contributed by atoms with Gasteiger partial charge in [-0.2, -0.15) is 0 Å². The summed E-state index contributed by atoms with van der Waals surface area (Å²) in [7, 11) is 0. The zero-order chi connectivity index (χ0) is 20.9. The third-order valence-corrected chi connectivity index (χ3v) is 6.37. The van der Waals surface area contributed by atoms with Crippen LogP contribution in [0.3, 0.4) is 0 Å². The monoisotopic (exact) mass is 408 g/mol. The fraction of sp³-hybridized carbons (Fsp3) is 0.440. The van der Waals surface area contributed by atoms with Gasteiger partial charge in [-0.1, -0.05) is 48.5 Å². The Morgan fingerprint density at radius 2 is 1.77 bits per heavy atom. The van der Waals surface area contributed by atoms with Crippen LogP contribution in [-0.4, -0.2) is 35.4 Å². The summed E-state index contributed by atoms with van der Waals surface area (Å²) in [6.07, 6.45) is 2.86. The topological polar surface area (TPSA) is 72.8 Å². The highest BCUT2D eigenvalue weighted by Crippen LogP contribution is 2.45. The van der Waals surface area contributed by atoms with E-state index in [4.69, 9.17) is 9.47 Å². The third kappa shape index (κ3) is 4.90. The van der Waals surface area contributed by atoms with Gasteiger partial charge in [0.2, 0.25) is 0 Å². The Bertz CT molecular complexity index is 850. The highest BCUT2D eigenvalue weighted by molar-refractivity contribution is 5.89. The molecule has 1 saturated heterocycles. The second kappa shape index (κ2) is 9.43. The summed E-state index contributed by atoms with van der Waals surface area (Å²) in [5.41, 5.74) is 1.73. The molecule has 1 aliphatic heterocycles. The molecule has 1 saturated carbocycles. The first-order chi connectivity index (χ1) is 14.6. The fourth-order valence-electron chi connectivity index (χ4n) is 4.78. The summed E-state index contributed by atoms with van der Waals surface area (Å²) in [5.74, 6) is -0.429. The molecule has 2 aromatic carbocycles. The number of aryl methyl sites for hydroxylation is 1. The van der Waals surface area contributed by atoms with Gasteiger partial charge >= 0.3 is 11.9 Å². The number of carbonyl (C=O) groups is 2. The van der Waals surface area contributed by atoms with Crippen LogP contribution in [0.1, 0.15) is 48.0 Å². The van der Waals surface area contributed by atoms with Gasteiger partial charge in [-0.05, 0) is 43.4 Å². The number of ether oxygens (including phenoxy) is 2. The maximum atomic E-state index is 12.5. The highest BCUT2D eigenvalue weighted by atomic mass is 16.6. The number of esters is 2. The van der Waals surface area contributed by atoms with Gasteiger partial charge in [-0.3, -0.25) is 4.79 Å². The average Bonchev–Trinajstić information content (AvgIpc) is 3.27. The summed E-state index contributed by atoms with van der Waals surface area (Å²) in [5, 5.41) is 10.5. The molecule has 5 nitrogen and oxygen atoms in total. The van der Waals surface area contributed by atoms with Crippen LogP contribution in [0, 0.1) is 11.8 Å². The predicted molar refractivity (Wildman–Crippen MR) is 112 cm³/mol. The number of aliphatic hydroxyl groups is 1. The standard InChI is InChI=1S/C25H28O5/c26-19(12-11-17-7-3-1-4-8-17)13-14-20-21-15-24(27)29-23(21)16-22(20)30-25(28)18-9-5-2-6-10-18/h1-10,19-23,26H,11-16H2/t19-,20-,21-,22-,23+/m1/s1. The zero-order valence-corrected chi connectivity index (χ0v) is 17.0. The van der Waals surface area contributed by atoms with Crippen molar-refractivity contribution in [1.82, 2.24) is 0 Å². The normalized spacial score (nSPS) is 26.1. The molecule has 1 heterocycles. The molecule has 2 aromatic rings. The van der Waals surface area contributed by atoms with Gasteiger partial charge in [-0.25, -0.2) is 4.79 Å². The molecular formula is C25H28O5. The van der Waals surface area contributed by atoms with Crippen LogP contribution in [0.2, 0.25) is 0 Å². The zero-order valence-electron chi connectivity index (χ0n) is 17.0. The number of rotatable bonds is 8. The molecular weight excluding hydrogens is 380 g/mol. The number of fused-ring (bicyclic) bond motifs is 1. The van der Waals surface area contributed by atoms with Crippen LogP contribution in [-0.2, 0) is 20.7 Å². The van der Waals surface area contributed by atoms with Crippen LogP contribution in [0.25, 0.3) is 0 Å². The van der Waals surface area contributed by atoms with Crippen LogP contribution in [0.4, 0.5) is 0 Å². The maximum absolute atomic E-state index is 12.5. The van der Waals surface area contributed by atoms with Crippen molar-refractivity contribution in [2.24, 2.45) is 11.8 Å². The largest absolute Gasteiger partial charge is 0.462 e. The summed E-state index contributed by atoms with van der Waals surface area (Å²) < 4.78 is 11.3. The minimum Gasteiger partial charge on any atom is -0.462 e. The van der Waals surface area contributed by atoms with E-state index in [2.05, 4.69) is 12.1 Å². The maximum Gasteiger partial charge on any atom is 0.338 e. The van der Waals surface area contributed by atoms with E-state index in [1.54, 1.807) is 12.1 Å². The second-order valence-electron chi connectivity index (χ2n) is 8.36. The number of aliphatic hydroxyl groups excluding tert-OH is 1. The summed E-state index contributed by atoms with van der Waals surface area (Å²) in [6, 6.07) is 19.1. The van der Waals surface area contributed by atoms with Gasteiger partial charge in [0, 0.05) is 18.3 Å². The van der Waals surface area contributed by atoms with Crippen LogP contribution in [0.5, 0.6) is 0 Å². The Labute approximate surface area is 177 Å². The number of hydrogen-bond acceptors (Lipinski definition) is 5. The van der Waals surface area contributed by atoms with E-state index in [1.807, 2.05) is 36.4 Å². The van der Waals surface area contributed by atoms with Crippen molar-refractivity contribution in [1.29, 1.82) is 0 Å². The molecule has 158 valence electrons. The van der Waals surface area contributed by atoms with Crippen LogP contribution >= 0.6 is 0 Å². The lowest BCUT2D eigenvalue weighted by Gasteiger charge is -2.24. The Kier molecular flexibility index (Phi) is 6.48. The van der Waals surface area contributed by atoms with Gasteiger partial charge in [0.25, 0.3) is 0 Å². The summed E-state index contributed by atoms with van der Waals surface area (Å²) in [4.78, 5) is 24.3. The molecule has 4 rings (SSSR count). The third-order valence-electron chi connectivity index (χ3n) is 6.37. The SMILES string of the molecule is O=C1C[C@@H]2[C@@H](CC[C@H](O)CCc3ccccc3)[C@H](OC(=O)c3ccccc3)C[C@@H]2O1. The van der Waals surface area contributed by atoms with Gasteiger partial charge in [0.15, 0.2) is 0 Å². The Balaban J connectivity index is 1.35. The van der Waals surface area contributed by atoms with Crippen molar-refractivity contribution in [3.05, 3.63) is 71.8 Å². The Morgan fingerprint density at radius 1 is 1.07 bits per heavy atom. The van der Waals surface area contributed by atoms with Gasteiger partial charge in [0.05, 0.1) is 18.1 Å². The molecule has 1 aliphatic carbocycles. The van der Waals surface area contributed by atoms with E-state index in [9.17, 15) is 14.7 Å². The summed E-state index contributed by atoms with van der Waals surface area (Å²) >= 11 is 0. The lowest BCUT2D eigenvalue weighted by Crippen LogP contribution is -2.27. The molecule has 5 atom stereocenters. The van der Waals surface area contributed by atoms with Crippen molar-refractivity contribution in [3.8, 4) is 0 Å². The molecule has 0 aromatic heterocycles. The first-order valence-electron chi connectivity index (χ1n) is 10.8. The van der Waals surface area contributed by atoms with E-state index in [1.165, 1.54) is 5.56 Å². The van der Waals surface area contributed by atoms with E-state index in [0.717, 1.165) is 6.42 Å². The molecule has 0 bridgehead atoms. The number of benzene rings is 2. The molecule has 0 spiro atoms. The first kappa shape index (κ1) is 20.6. The number of hydrogen-bond donors (Lipinski definition) is 1. The molecule has 0 unspecified atom stereocenters. The molecule has 2 fully saturated rings. The fourth-order valence-corrected chi connectivity index (χ4v) is 4.78. The molecule has 30 heavy (non-hydrogen) atoms. The Morgan fingerprint density at radius 3 is 2.50 bits per heavy atom. The highest BCUT2D eigenvalue weighted by Gasteiger charge is 2.51. The van der Waals surface area contributed by atoms with Crippen molar-refractivity contribution in [2.75, 3.05) is 0 Å². The number of carbonyl (C=O) groups excluding carboxylic acids is 2. The smallest absolute Gasteiger partial charge is 0.338 e. The minimum absolute atomic E-state index is 0.0282. The van der Waals surface area contributed by atoms with E-state index in [0.29, 0.717) is 37.7 Å². The van der Waals surface area contributed by atoms with E-state index < -0.39 is 6.10 Å². The molecule has 1 N–H and O–H groups in total. The average molecular weight is 408 g/mol. The van der Waals surface area contributed by atoms with Gasteiger partial charge < -0.3 is 14.6 Å². The molecule has 5 heteroatoms. The van der Waals surface area contributed by atoms with Crippen molar-refractivity contribution in [2.45, 2.75) is 56.8 Å². The van der Waals surface area contributed by atoms with E-state index in [-0.39, 0.29) is 36.0 Å². The lowest BCUT2D eigenvalue weighted by molar-refractivity contribution is -0.141. The second-order valence-corrected chi connectivity index (χ2v) is 8.36. The first-order valence-corrected chi connectivity index (χ1v) is 10.8. The van der Waals surface area contributed by atoms with Crippen molar-refractivity contribution >= 4 is 11.9 Å². The van der Waals surface area contributed by atoms with Gasteiger partial charge in [-0.15, -0.1) is 0 Å². The molecule has 2 aliphatic rings. The predicted octanol–water partition coefficient (Wildman–Crippen LogP) is 3.94. The quantitative estimate of drug-likeness (QED) is 0.670. The van der Waals surface area contributed by atoms with Gasteiger partial charge in [0.1, 0.15) is 12.2 Å². The van der Waals surface area contributed by atoms with Crippen LogP contribution in [0.15, 0.2) is 60.7 Å². The molecule has 0 radical (unpaired) electrons. The van der Waals surface area contributed by atoms with Crippen LogP contribution < -0.4 is 0 Å². The minimum atomic E-state index is -0.423. The van der Waals surface area contributed by atoms with Crippen molar-refractivity contribution < 1.29 is 24.2 Å². The van der Waals surface area contributed by atoms with E-state index >= 15 is 0 Å². The van der Waals surface area contributed by atoms with Crippen molar-refractivity contribution in [3.63, 3.8) is 0 Å². The Hall–Kier alpha value is -2.66. The summed E-state index contributed by atoms with van der Waals surface area (Å²) in [6.45, 7) is 0. The lowest BCUT2D eigenvalue weighted by atomic mass is 9.86. The molecule has 0 amide bonds.